The predicted molar refractivity (Wildman–Crippen MR) is 107 cm³/mol. The Kier molecular flexibility index (Phi) is 9.40. The molecule has 1 heterocycles. The molecular weight excluding hydrogens is 447 g/mol. The highest BCUT2D eigenvalue weighted by Gasteiger charge is 2.19. The van der Waals surface area contributed by atoms with Crippen molar-refractivity contribution in [1.82, 2.24) is 15.4 Å². The van der Waals surface area contributed by atoms with Crippen LogP contribution in [0.5, 0.6) is 0 Å². The van der Waals surface area contributed by atoms with E-state index in [1.807, 2.05) is 11.4 Å². The maximum absolute atomic E-state index is 11.9. The molecule has 0 radical (unpaired) electrons. The van der Waals surface area contributed by atoms with Crippen LogP contribution in [-0.2, 0) is 16.6 Å². The van der Waals surface area contributed by atoms with Crippen LogP contribution in [-0.4, -0.2) is 40.3 Å². The van der Waals surface area contributed by atoms with Crippen molar-refractivity contribution in [1.29, 1.82) is 0 Å². The first-order valence-corrected chi connectivity index (χ1v) is 10.1. The lowest BCUT2D eigenvalue weighted by molar-refractivity contribution is 0.316. The number of rotatable bonds is 8. The number of sulfonamides is 1. The van der Waals surface area contributed by atoms with Crippen LogP contribution < -0.4 is 15.4 Å². The van der Waals surface area contributed by atoms with E-state index in [4.69, 9.17) is 0 Å². The van der Waals surface area contributed by atoms with Crippen molar-refractivity contribution in [3.8, 4) is 0 Å². The summed E-state index contributed by atoms with van der Waals surface area (Å²) >= 11 is 1.65. The fourth-order valence-corrected chi connectivity index (χ4v) is 3.79. The van der Waals surface area contributed by atoms with Crippen LogP contribution in [0.1, 0.15) is 24.8 Å². The van der Waals surface area contributed by atoms with Gasteiger partial charge in [-0.25, -0.2) is 13.1 Å². The number of hydrogen-bond acceptors (Lipinski definition) is 4. The Morgan fingerprint density at radius 1 is 1.39 bits per heavy atom. The third-order valence-corrected chi connectivity index (χ3v) is 5.82. The van der Waals surface area contributed by atoms with Crippen LogP contribution in [0, 0.1) is 5.92 Å². The number of nitrogens with one attached hydrogen (secondary N) is 3. The van der Waals surface area contributed by atoms with Crippen molar-refractivity contribution in [2.75, 3.05) is 25.9 Å². The molecule has 0 atom stereocenters. The first-order chi connectivity index (χ1) is 10.6. The largest absolute Gasteiger partial charge is 0.355 e. The Morgan fingerprint density at radius 2 is 2.17 bits per heavy atom. The van der Waals surface area contributed by atoms with Crippen molar-refractivity contribution in [2.24, 2.45) is 10.9 Å². The minimum Gasteiger partial charge on any atom is -0.355 e. The summed E-state index contributed by atoms with van der Waals surface area (Å²) < 4.78 is 26.4. The van der Waals surface area contributed by atoms with E-state index in [0.717, 1.165) is 12.8 Å². The standard InChI is InChI=1S/C14H24N4O2S2.HI/c1-15-14(17-9-13-5-7-21-11-13)16-6-8-22(19,20)18-10-12-3-2-4-12;/h5,7,11-12,18H,2-4,6,8-10H2,1H3,(H2,15,16,17);1H. The molecule has 0 amide bonds. The van der Waals surface area contributed by atoms with Crippen LogP contribution in [0.25, 0.3) is 0 Å². The third-order valence-electron chi connectivity index (χ3n) is 3.74. The molecule has 0 aliphatic heterocycles. The lowest BCUT2D eigenvalue weighted by Crippen LogP contribution is -2.41. The fraction of sp³-hybridized carbons (Fsp3) is 0.643. The van der Waals surface area contributed by atoms with Crippen LogP contribution in [0.4, 0.5) is 0 Å². The van der Waals surface area contributed by atoms with Gasteiger partial charge in [0.15, 0.2) is 5.96 Å². The van der Waals surface area contributed by atoms with E-state index in [9.17, 15) is 8.42 Å². The molecule has 23 heavy (non-hydrogen) atoms. The molecule has 1 fully saturated rings. The second kappa shape index (κ2) is 10.5. The summed E-state index contributed by atoms with van der Waals surface area (Å²) in [4.78, 5) is 4.09. The van der Waals surface area contributed by atoms with Gasteiger partial charge in [0.1, 0.15) is 0 Å². The highest BCUT2D eigenvalue weighted by Crippen LogP contribution is 2.25. The molecule has 2 rings (SSSR count). The average molecular weight is 472 g/mol. The zero-order valence-corrected chi connectivity index (χ0v) is 17.2. The van der Waals surface area contributed by atoms with Crippen LogP contribution >= 0.6 is 35.3 Å². The van der Waals surface area contributed by atoms with Gasteiger partial charge in [0.2, 0.25) is 10.0 Å². The van der Waals surface area contributed by atoms with E-state index < -0.39 is 10.0 Å². The quantitative estimate of drug-likeness (QED) is 0.306. The number of hydrogen-bond donors (Lipinski definition) is 3. The number of aliphatic imine (C=N–C) groups is 1. The summed E-state index contributed by atoms with van der Waals surface area (Å²) in [5.41, 5.74) is 1.18. The van der Waals surface area contributed by atoms with Gasteiger partial charge >= 0.3 is 0 Å². The normalized spacial score (nSPS) is 15.6. The maximum Gasteiger partial charge on any atom is 0.213 e. The molecular formula is C14H25IN4O2S2. The average Bonchev–Trinajstić information content (AvgIpc) is 2.93. The molecule has 1 aliphatic rings. The Balaban J connectivity index is 0.00000264. The Labute approximate surface area is 159 Å². The minimum absolute atomic E-state index is 0. The molecule has 0 aromatic carbocycles. The van der Waals surface area contributed by atoms with Gasteiger partial charge in [0.05, 0.1) is 5.75 Å². The van der Waals surface area contributed by atoms with Gasteiger partial charge in [0.25, 0.3) is 0 Å². The van der Waals surface area contributed by atoms with E-state index in [0.29, 0.717) is 31.5 Å². The number of guanidine groups is 1. The van der Waals surface area contributed by atoms with Crippen molar-refractivity contribution in [3.05, 3.63) is 22.4 Å². The predicted octanol–water partition coefficient (Wildman–Crippen LogP) is 1.75. The SMILES string of the molecule is CN=C(NCCS(=O)(=O)NCC1CCC1)NCc1ccsc1.I. The molecule has 0 bridgehead atoms. The Bertz CT molecular complexity index is 572. The monoisotopic (exact) mass is 472 g/mol. The molecule has 1 aromatic heterocycles. The second-order valence-corrected chi connectivity index (χ2v) is 8.15. The topological polar surface area (TPSA) is 82.6 Å². The zero-order valence-electron chi connectivity index (χ0n) is 13.2. The van der Waals surface area contributed by atoms with E-state index >= 15 is 0 Å². The van der Waals surface area contributed by atoms with Crippen LogP contribution in [0.3, 0.4) is 0 Å². The van der Waals surface area contributed by atoms with E-state index in [-0.39, 0.29) is 29.7 Å². The Hall–Kier alpha value is -0.390. The van der Waals surface area contributed by atoms with Gasteiger partial charge < -0.3 is 10.6 Å². The number of halogens is 1. The van der Waals surface area contributed by atoms with Gasteiger partial charge in [-0.2, -0.15) is 11.3 Å². The highest BCUT2D eigenvalue weighted by atomic mass is 127. The molecule has 0 unspecified atom stereocenters. The molecule has 0 saturated heterocycles. The molecule has 1 saturated carbocycles. The molecule has 6 nitrogen and oxygen atoms in total. The lowest BCUT2D eigenvalue weighted by atomic mass is 9.86. The molecule has 1 aliphatic carbocycles. The van der Waals surface area contributed by atoms with Crippen LogP contribution in [0.2, 0.25) is 0 Å². The van der Waals surface area contributed by atoms with Gasteiger partial charge in [-0.05, 0) is 41.1 Å². The van der Waals surface area contributed by atoms with Crippen molar-refractivity contribution in [3.63, 3.8) is 0 Å². The lowest BCUT2D eigenvalue weighted by Gasteiger charge is -2.25. The first kappa shape index (κ1) is 20.7. The summed E-state index contributed by atoms with van der Waals surface area (Å²) in [5, 5.41) is 10.3. The Morgan fingerprint density at radius 3 is 2.74 bits per heavy atom. The molecule has 0 spiro atoms. The number of thiophene rings is 1. The van der Waals surface area contributed by atoms with E-state index in [1.165, 1.54) is 12.0 Å². The van der Waals surface area contributed by atoms with Crippen molar-refractivity contribution < 1.29 is 8.42 Å². The van der Waals surface area contributed by atoms with Crippen molar-refractivity contribution in [2.45, 2.75) is 25.8 Å². The smallest absolute Gasteiger partial charge is 0.213 e. The summed E-state index contributed by atoms with van der Waals surface area (Å²) in [6.45, 7) is 1.59. The van der Waals surface area contributed by atoms with Gasteiger partial charge in [0, 0.05) is 26.7 Å². The van der Waals surface area contributed by atoms with Gasteiger partial charge in [-0.1, -0.05) is 6.42 Å². The fourth-order valence-electron chi connectivity index (χ4n) is 2.12. The summed E-state index contributed by atoms with van der Waals surface area (Å²) in [7, 11) is -1.54. The van der Waals surface area contributed by atoms with Gasteiger partial charge in [-0.15, -0.1) is 24.0 Å². The third kappa shape index (κ3) is 7.81. The maximum atomic E-state index is 11.9. The highest BCUT2D eigenvalue weighted by molar-refractivity contribution is 14.0. The molecule has 1 aromatic rings. The summed E-state index contributed by atoms with van der Waals surface area (Å²) in [6.07, 6.45) is 3.50. The second-order valence-electron chi connectivity index (χ2n) is 5.45. The van der Waals surface area contributed by atoms with Crippen molar-refractivity contribution >= 4 is 51.3 Å². The zero-order chi connectivity index (χ0) is 15.8. The van der Waals surface area contributed by atoms with Crippen LogP contribution in [0.15, 0.2) is 21.8 Å². The first-order valence-electron chi connectivity index (χ1n) is 7.52. The number of nitrogens with zero attached hydrogens (tertiary/aromatic N) is 1. The van der Waals surface area contributed by atoms with E-state index in [1.54, 1.807) is 18.4 Å². The summed E-state index contributed by atoms with van der Waals surface area (Å²) in [5.74, 6) is 1.20. The molecule has 3 N–H and O–H groups in total. The van der Waals surface area contributed by atoms with E-state index in [2.05, 4.69) is 25.7 Å². The summed E-state index contributed by atoms with van der Waals surface area (Å²) in [6, 6.07) is 2.04. The molecule has 132 valence electrons. The van der Waals surface area contributed by atoms with Gasteiger partial charge in [-0.3, -0.25) is 4.99 Å². The minimum atomic E-state index is -3.21. The molecule has 9 heteroatoms.